The summed E-state index contributed by atoms with van der Waals surface area (Å²) in [5.41, 5.74) is 2.33. The number of hydrogen-bond acceptors (Lipinski definition) is 3. The van der Waals surface area contributed by atoms with Crippen molar-refractivity contribution < 1.29 is 9.90 Å². The standard InChI is InChI=1S/C25H28N2O2/c1-3-24(28)27-14-11-23(12-15-27)25(2,29)22-8-6-18(7-9-22)19-4-5-21-17-26-13-10-20(21)16-19/h4-10,13,16-17,23,29H,3,11-12,14-15H2,1-2H3. The van der Waals surface area contributed by atoms with Gasteiger partial charge in [0.25, 0.3) is 0 Å². The van der Waals surface area contributed by atoms with Crippen LogP contribution in [0.25, 0.3) is 21.9 Å². The molecule has 1 fully saturated rings. The first kappa shape index (κ1) is 19.6. The Morgan fingerprint density at radius 2 is 1.76 bits per heavy atom. The van der Waals surface area contributed by atoms with Crippen LogP contribution >= 0.6 is 0 Å². The van der Waals surface area contributed by atoms with Gasteiger partial charge in [0, 0.05) is 37.3 Å². The maximum Gasteiger partial charge on any atom is 0.222 e. The summed E-state index contributed by atoms with van der Waals surface area (Å²) in [7, 11) is 0. The fraction of sp³-hybridized carbons (Fsp3) is 0.360. The van der Waals surface area contributed by atoms with E-state index < -0.39 is 5.60 Å². The van der Waals surface area contributed by atoms with E-state index in [9.17, 15) is 9.90 Å². The Morgan fingerprint density at radius 3 is 2.45 bits per heavy atom. The van der Waals surface area contributed by atoms with Crippen LogP contribution in [0.1, 0.15) is 38.7 Å². The van der Waals surface area contributed by atoms with E-state index in [1.165, 1.54) is 5.39 Å². The molecule has 1 saturated heterocycles. The fourth-order valence-electron chi connectivity index (χ4n) is 4.41. The lowest BCUT2D eigenvalue weighted by molar-refractivity contribution is -0.134. The third-order valence-corrected chi connectivity index (χ3v) is 6.39. The van der Waals surface area contributed by atoms with Crippen LogP contribution in [0.5, 0.6) is 0 Å². The highest BCUT2D eigenvalue weighted by molar-refractivity contribution is 5.86. The van der Waals surface area contributed by atoms with Crippen molar-refractivity contribution in [3.63, 3.8) is 0 Å². The molecule has 4 heteroatoms. The molecular formula is C25H28N2O2. The first-order chi connectivity index (χ1) is 14.0. The molecule has 3 aromatic rings. The van der Waals surface area contributed by atoms with Crippen LogP contribution in [-0.2, 0) is 10.4 Å². The molecule has 1 unspecified atom stereocenters. The molecule has 0 bridgehead atoms. The summed E-state index contributed by atoms with van der Waals surface area (Å²) in [6.45, 7) is 5.28. The van der Waals surface area contributed by atoms with Gasteiger partial charge < -0.3 is 10.0 Å². The fourth-order valence-corrected chi connectivity index (χ4v) is 4.41. The van der Waals surface area contributed by atoms with Crippen LogP contribution in [0.15, 0.2) is 60.9 Å². The SMILES string of the molecule is CCC(=O)N1CCC(C(C)(O)c2ccc(-c3ccc4cnccc4c3)cc2)CC1. The lowest BCUT2D eigenvalue weighted by atomic mass is 9.77. The van der Waals surface area contributed by atoms with Gasteiger partial charge in [-0.15, -0.1) is 0 Å². The Kier molecular flexibility index (Phi) is 5.37. The third kappa shape index (κ3) is 3.90. The van der Waals surface area contributed by atoms with Crippen LogP contribution in [0.4, 0.5) is 0 Å². The number of hydrogen-bond donors (Lipinski definition) is 1. The summed E-state index contributed by atoms with van der Waals surface area (Å²) in [5, 5.41) is 13.6. The minimum Gasteiger partial charge on any atom is -0.385 e. The van der Waals surface area contributed by atoms with Gasteiger partial charge in [0.2, 0.25) is 5.91 Å². The molecule has 1 aliphatic heterocycles. The van der Waals surface area contributed by atoms with Crippen molar-refractivity contribution in [2.45, 2.75) is 38.7 Å². The number of aliphatic hydroxyl groups is 1. The van der Waals surface area contributed by atoms with E-state index in [1.807, 2.05) is 49.3 Å². The predicted octanol–water partition coefficient (Wildman–Crippen LogP) is 4.76. The number of carbonyl (C=O) groups is 1. The molecule has 0 radical (unpaired) electrons. The zero-order valence-electron chi connectivity index (χ0n) is 17.1. The number of rotatable bonds is 4. The average molecular weight is 389 g/mol. The van der Waals surface area contributed by atoms with Crippen LogP contribution in [0.2, 0.25) is 0 Å². The molecule has 1 atom stereocenters. The summed E-state index contributed by atoms with van der Waals surface area (Å²) in [5.74, 6) is 0.362. The molecule has 1 aromatic heterocycles. The van der Waals surface area contributed by atoms with Crippen LogP contribution < -0.4 is 0 Å². The Hall–Kier alpha value is -2.72. The zero-order chi connectivity index (χ0) is 20.4. The van der Waals surface area contributed by atoms with Gasteiger partial charge in [-0.2, -0.15) is 0 Å². The Morgan fingerprint density at radius 1 is 1.07 bits per heavy atom. The van der Waals surface area contributed by atoms with Crippen molar-refractivity contribution >= 4 is 16.7 Å². The Labute approximate surface area is 172 Å². The summed E-state index contributed by atoms with van der Waals surface area (Å²) in [4.78, 5) is 18.0. The highest BCUT2D eigenvalue weighted by Gasteiger charge is 2.36. The first-order valence-corrected chi connectivity index (χ1v) is 10.4. The number of amides is 1. The van der Waals surface area contributed by atoms with Gasteiger partial charge in [0.15, 0.2) is 0 Å². The molecule has 1 amide bonds. The molecule has 4 rings (SSSR count). The van der Waals surface area contributed by atoms with Gasteiger partial charge in [0.1, 0.15) is 0 Å². The molecule has 2 aromatic carbocycles. The number of likely N-dealkylation sites (tertiary alicyclic amines) is 1. The number of fused-ring (bicyclic) bond motifs is 1. The molecule has 0 saturated carbocycles. The summed E-state index contributed by atoms with van der Waals surface area (Å²) in [6.07, 6.45) is 5.90. The number of nitrogens with zero attached hydrogens (tertiary/aromatic N) is 2. The third-order valence-electron chi connectivity index (χ3n) is 6.39. The highest BCUT2D eigenvalue weighted by atomic mass is 16.3. The molecule has 0 aliphatic carbocycles. The maximum atomic E-state index is 11.9. The molecular weight excluding hydrogens is 360 g/mol. The lowest BCUT2D eigenvalue weighted by Gasteiger charge is -2.40. The van der Waals surface area contributed by atoms with E-state index in [0.717, 1.165) is 48.0 Å². The monoisotopic (exact) mass is 388 g/mol. The topological polar surface area (TPSA) is 53.4 Å². The Balaban J connectivity index is 1.51. The number of piperidine rings is 1. The van der Waals surface area contributed by atoms with Crippen molar-refractivity contribution in [3.05, 3.63) is 66.5 Å². The van der Waals surface area contributed by atoms with E-state index in [0.29, 0.717) is 6.42 Å². The van der Waals surface area contributed by atoms with Crippen molar-refractivity contribution in [1.82, 2.24) is 9.88 Å². The molecule has 1 N–H and O–H groups in total. The van der Waals surface area contributed by atoms with E-state index >= 15 is 0 Å². The predicted molar refractivity (Wildman–Crippen MR) is 116 cm³/mol. The van der Waals surface area contributed by atoms with Crippen molar-refractivity contribution in [1.29, 1.82) is 0 Å². The first-order valence-electron chi connectivity index (χ1n) is 10.4. The van der Waals surface area contributed by atoms with Gasteiger partial charge >= 0.3 is 0 Å². The van der Waals surface area contributed by atoms with Crippen LogP contribution in [-0.4, -0.2) is 34.0 Å². The van der Waals surface area contributed by atoms with Gasteiger partial charge in [-0.05, 0) is 59.9 Å². The summed E-state index contributed by atoms with van der Waals surface area (Å²) >= 11 is 0. The van der Waals surface area contributed by atoms with E-state index in [1.54, 1.807) is 0 Å². The minimum absolute atomic E-state index is 0.155. The van der Waals surface area contributed by atoms with Gasteiger partial charge in [-0.25, -0.2) is 0 Å². The molecule has 2 heterocycles. The average Bonchev–Trinajstić information content (AvgIpc) is 2.78. The summed E-state index contributed by atoms with van der Waals surface area (Å²) in [6, 6.07) is 16.6. The van der Waals surface area contributed by atoms with Crippen LogP contribution in [0, 0.1) is 5.92 Å². The molecule has 1 aliphatic rings. The molecule has 4 nitrogen and oxygen atoms in total. The van der Waals surface area contributed by atoms with Crippen molar-refractivity contribution in [3.8, 4) is 11.1 Å². The smallest absolute Gasteiger partial charge is 0.222 e. The summed E-state index contributed by atoms with van der Waals surface area (Å²) < 4.78 is 0. The molecule has 0 spiro atoms. The highest BCUT2D eigenvalue weighted by Crippen LogP contribution is 2.37. The van der Waals surface area contributed by atoms with E-state index in [4.69, 9.17) is 0 Å². The second-order valence-corrected chi connectivity index (χ2v) is 8.17. The quantitative estimate of drug-likeness (QED) is 0.701. The van der Waals surface area contributed by atoms with E-state index in [2.05, 4.69) is 35.3 Å². The number of aromatic nitrogens is 1. The van der Waals surface area contributed by atoms with Gasteiger partial charge in [-0.3, -0.25) is 9.78 Å². The number of carbonyl (C=O) groups excluding carboxylic acids is 1. The second-order valence-electron chi connectivity index (χ2n) is 8.17. The lowest BCUT2D eigenvalue weighted by Crippen LogP contribution is -2.44. The second kappa shape index (κ2) is 7.96. The Bertz CT molecular complexity index is 1000. The van der Waals surface area contributed by atoms with E-state index in [-0.39, 0.29) is 11.8 Å². The molecule has 29 heavy (non-hydrogen) atoms. The zero-order valence-corrected chi connectivity index (χ0v) is 17.1. The van der Waals surface area contributed by atoms with Gasteiger partial charge in [-0.1, -0.05) is 43.3 Å². The minimum atomic E-state index is -0.894. The maximum absolute atomic E-state index is 11.9. The van der Waals surface area contributed by atoms with Crippen molar-refractivity contribution in [2.75, 3.05) is 13.1 Å². The molecule has 150 valence electrons. The van der Waals surface area contributed by atoms with Crippen molar-refractivity contribution in [2.24, 2.45) is 5.92 Å². The largest absolute Gasteiger partial charge is 0.385 e. The normalized spacial score (nSPS) is 17.3. The number of benzene rings is 2. The van der Waals surface area contributed by atoms with Crippen LogP contribution in [0.3, 0.4) is 0 Å². The number of pyridine rings is 1. The van der Waals surface area contributed by atoms with Gasteiger partial charge in [0.05, 0.1) is 5.60 Å².